The molecule has 1 unspecified atom stereocenters. The number of carbonyl (C=O) groups is 1. The van der Waals surface area contributed by atoms with Crippen LogP contribution in [0.25, 0.3) is 11.0 Å². The molecule has 8 nitrogen and oxygen atoms in total. The molecule has 0 amide bonds. The van der Waals surface area contributed by atoms with Crippen LogP contribution in [0.3, 0.4) is 0 Å². The molecule has 4 heterocycles. The van der Waals surface area contributed by atoms with Crippen molar-refractivity contribution in [1.29, 1.82) is 0 Å². The van der Waals surface area contributed by atoms with Gasteiger partial charge in [0.1, 0.15) is 5.82 Å². The van der Waals surface area contributed by atoms with Crippen LogP contribution < -0.4 is 5.56 Å². The van der Waals surface area contributed by atoms with E-state index in [0.29, 0.717) is 42.6 Å². The van der Waals surface area contributed by atoms with E-state index in [-0.39, 0.29) is 23.3 Å². The molecule has 48 heavy (non-hydrogen) atoms. The van der Waals surface area contributed by atoms with Crippen molar-refractivity contribution in [1.82, 2.24) is 19.6 Å². The van der Waals surface area contributed by atoms with Crippen LogP contribution >= 0.6 is 0 Å². The van der Waals surface area contributed by atoms with E-state index in [1.807, 2.05) is 6.92 Å². The Bertz CT molecular complexity index is 1510. The second-order valence-electron chi connectivity index (χ2n) is 14.2. The van der Waals surface area contributed by atoms with Crippen molar-refractivity contribution >= 4 is 16.9 Å². The van der Waals surface area contributed by atoms with Gasteiger partial charge in [-0.3, -0.25) is 14.2 Å². The van der Waals surface area contributed by atoms with Gasteiger partial charge in [0.2, 0.25) is 0 Å². The van der Waals surface area contributed by atoms with Crippen LogP contribution in [0.4, 0.5) is 4.39 Å². The van der Waals surface area contributed by atoms with Crippen LogP contribution in [0, 0.1) is 12.7 Å². The smallest absolute Gasteiger partial charge is 0.306 e. The Morgan fingerprint density at radius 3 is 2.29 bits per heavy atom. The number of esters is 1. The molecule has 0 saturated carbocycles. The highest BCUT2D eigenvalue weighted by Gasteiger charge is 2.29. The van der Waals surface area contributed by atoms with E-state index in [0.717, 1.165) is 68.7 Å². The first-order chi connectivity index (χ1) is 23.5. The largest absolute Gasteiger partial charge is 0.454 e. The predicted octanol–water partition coefficient (Wildman–Crippen LogP) is 9.11. The molecule has 2 aromatic heterocycles. The van der Waals surface area contributed by atoms with Crippen molar-refractivity contribution in [2.75, 3.05) is 19.6 Å². The molecule has 5 rings (SSSR count). The molecule has 1 fully saturated rings. The molecule has 0 aliphatic carbocycles. The Labute approximate surface area is 285 Å². The molecule has 264 valence electrons. The summed E-state index contributed by atoms with van der Waals surface area (Å²) in [5.41, 5.74) is 2.68. The van der Waals surface area contributed by atoms with Crippen LogP contribution in [0.5, 0.6) is 0 Å². The number of rotatable bonds is 19. The fourth-order valence-electron chi connectivity index (χ4n) is 7.60. The highest BCUT2D eigenvalue weighted by atomic mass is 19.1. The molecular weight excluding hydrogens is 607 g/mol. The second kappa shape index (κ2) is 18.6. The fourth-order valence-corrected chi connectivity index (χ4v) is 7.60. The lowest BCUT2D eigenvalue weighted by atomic mass is 9.91. The van der Waals surface area contributed by atoms with Crippen molar-refractivity contribution in [3.63, 3.8) is 0 Å². The minimum atomic E-state index is -0.454. The van der Waals surface area contributed by atoms with Crippen LogP contribution in [0.2, 0.25) is 0 Å². The van der Waals surface area contributed by atoms with E-state index in [1.54, 1.807) is 16.7 Å². The summed E-state index contributed by atoms with van der Waals surface area (Å²) in [5.74, 6) is 0.284. The highest BCUT2D eigenvalue weighted by Crippen LogP contribution is 2.34. The van der Waals surface area contributed by atoms with Gasteiger partial charge in [0, 0.05) is 36.7 Å². The molecule has 0 spiro atoms. The summed E-state index contributed by atoms with van der Waals surface area (Å²) >= 11 is 0. The van der Waals surface area contributed by atoms with Gasteiger partial charge in [-0.25, -0.2) is 9.37 Å². The maximum absolute atomic E-state index is 14.5. The molecule has 0 bridgehead atoms. The highest BCUT2D eigenvalue weighted by molar-refractivity contribution is 5.80. The van der Waals surface area contributed by atoms with E-state index in [9.17, 15) is 14.0 Å². The number of nitrogens with zero attached hydrogens (tertiary/aromatic N) is 4. The van der Waals surface area contributed by atoms with Gasteiger partial charge in [0.25, 0.3) is 5.56 Å². The quantitative estimate of drug-likeness (QED) is 0.0933. The molecule has 9 heteroatoms. The minimum absolute atomic E-state index is 0.00540. The zero-order valence-electron chi connectivity index (χ0n) is 29.5. The summed E-state index contributed by atoms with van der Waals surface area (Å²) in [5, 5.41) is 4.72. The summed E-state index contributed by atoms with van der Waals surface area (Å²) < 4.78 is 27.5. The zero-order valence-corrected chi connectivity index (χ0v) is 29.5. The minimum Gasteiger partial charge on any atom is -0.454 e. The van der Waals surface area contributed by atoms with Gasteiger partial charge in [-0.05, 0) is 70.7 Å². The van der Waals surface area contributed by atoms with Crippen LogP contribution in [0.1, 0.15) is 157 Å². The first-order valence-corrected chi connectivity index (χ1v) is 19.0. The lowest BCUT2D eigenvalue weighted by molar-refractivity contribution is -0.151. The van der Waals surface area contributed by atoms with Crippen LogP contribution in [0.15, 0.2) is 27.5 Å². The normalized spacial score (nSPS) is 17.2. The van der Waals surface area contributed by atoms with Gasteiger partial charge in [-0.1, -0.05) is 95.2 Å². The number of ether oxygens (including phenoxy) is 1. The number of unbranched alkanes of at least 4 members (excludes halogenated alkanes) is 12. The van der Waals surface area contributed by atoms with E-state index >= 15 is 0 Å². The number of fused-ring (bicyclic) bond motifs is 2. The van der Waals surface area contributed by atoms with Gasteiger partial charge in [-0.2, -0.15) is 0 Å². The Balaban J connectivity index is 1.02. The topological polar surface area (TPSA) is 90.5 Å². The summed E-state index contributed by atoms with van der Waals surface area (Å²) in [6, 6.07) is 4.85. The van der Waals surface area contributed by atoms with Crippen LogP contribution in [-0.4, -0.2) is 45.2 Å². The lowest BCUT2D eigenvalue weighted by Crippen LogP contribution is -2.38. The zero-order chi connectivity index (χ0) is 33.7. The fraction of sp³-hybridized carbons (Fsp3) is 0.692. The van der Waals surface area contributed by atoms with E-state index < -0.39 is 6.10 Å². The Kier molecular flexibility index (Phi) is 14.1. The summed E-state index contributed by atoms with van der Waals surface area (Å²) in [7, 11) is 0. The lowest BCUT2D eigenvalue weighted by Gasteiger charge is -2.31. The van der Waals surface area contributed by atoms with E-state index in [1.165, 1.54) is 76.7 Å². The number of carbonyl (C=O) groups excluding carboxylic acids is 1. The van der Waals surface area contributed by atoms with Crippen LogP contribution in [-0.2, 0) is 22.5 Å². The number of hydrogen-bond donors (Lipinski definition) is 0. The van der Waals surface area contributed by atoms with Gasteiger partial charge >= 0.3 is 5.97 Å². The average Bonchev–Trinajstić information content (AvgIpc) is 3.53. The van der Waals surface area contributed by atoms with E-state index in [4.69, 9.17) is 14.2 Å². The molecule has 1 atom stereocenters. The summed E-state index contributed by atoms with van der Waals surface area (Å²) in [6.45, 7) is 7.23. The molecule has 1 aromatic carbocycles. The predicted molar refractivity (Wildman–Crippen MR) is 188 cm³/mol. The van der Waals surface area contributed by atoms with Crippen molar-refractivity contribution in [3.8, 4) is 0 Å². The first kappa shape index (κ1) is 36.2. The molecule has 2 aliphatic heterocycles. The van der Waals surface area contributed by atoms with Gasteiger partial charge < -0.3 is 14.2 Å². The van der Waals surface area contributed by atoms with Crippen molar-refractivity contribution < 1.29 is 18.4 Å². The molecule has 3 aromatic rings. The number of aromatic nitrogens is 3. The Morgan fingerprint density at radius 2 is 1.60 bits per heavy atom. The molecule has 0 radical (unpaired) electrons. The third kappa shape index (κ3) is 9.76. The van der Waals surface area contributed by atoms with Crippen molar-refractivity contribution in [2.24, 2.45) is 0 Å². The number of benzene rings is 1. The number of halogens is 1. The van der Waals surface area contributed by atoms with Gasteiger partial charge in [-0.15, -0.1) is 0 Å². The van der Waals surface area contributed by atoms with Gasteiger partial charge in [0.05, 0.1) is 11.1 Å². The average molecular weight is 665 g/mol. The SMILES string of the molecule is CCCCCCCCCCCCCCCC(=O)OC1CCCn2c1nc(C)c(CCN1CCC(c3noc4cccc(F)c34)CC1)c2=O. The number of hydrogen-bond acceptors (Lipinski definition) is 7. The van der Waals surface area contributed by atoms with Gasteiger partial charge in [0.15, 0.2) is 17.5 Å². The maximum atomic E-state index is 14.5. The second-order valence-corrected chi connectivity index (χ2v) is 14.2. The maximum Gasteiger partial charge on any atom is 0.306 e. The monoisotopic (exact) mass is 664 g/mol. The Morgan fingerprint density at radius 1 is 0.938 bits per heavy atom. The molecule has 1 saturated heterocycles. The third-order valence-electron chi connectivity index (χ3n) is 10.5. The third-order valence-corrected chi connectivity index (χ3v) is 10.5. The number of aryl methyl sites for hydroxylation is 1. The number of likely N-dealkylation sites (tertiary alicyclic amines) is 1. The standard InChI is InChI=1S/C39H57FN4O4/c1-3-4-5-6-7-8-9-10-11-12-13-14-15-21-35(45)47-34-20-17-25-44-38(34)41-29(2)31(39(44)46)24-28-43-26-22-30(23-27-43)37-36-32(40)18-16-19-33(36)48-42-37/h16,18-19,30,34H,3-15,17,20-28H2,1-2H3. The number of piperidine rings is 1. The molecule has 0 N–H and O–H groups in total. The molecular formula is C39H57FN4O4. The van der Waals surface area contributed by atoms with Crippen molar-refractivity contribution in [2.45, 2.75) is 154 Å². The Hall–Kier alpha value is -3.07. The summed E-state index contributed by atoms with van der Waals surface area (Å²) in [4.78, 5) is 33.6. The van der Waals surface area contributed by atoms with E-state index in [2.05, 4.69) is 17.0 Å². The molecule has 2 aliphatic rings. The first-order valence-electron chi connectivity index (χ1n) is 19.0. The van der Waals surface area contributed by atoms with Crippen molar-refractivity contribution in [3.05, 3.63) is 57.1 Å². The summed E-state index contributed by atoms with van der Waals surface area (Å²) in [6.07, 6.45) is 20.3.